The van der Waals surface area contributed by atoms with Crippen LogP contribution in [0, 0.1) is 0 Å². The average Bonchev–Trinajstić information content (AvgIpc) is 3.72. The van der Waals surface area contributed by atoms with Crippen LogP contribution in [0.1, 0.15) is 19.4 Å². The van der Waals surface area contributed by atoms with Crippen LogP contribution in [0.15, 0.2) is 224 Å². The van der Waals surface area contributed by atoms with E-state index < -0.39 is 0 Å². The van der Waals surface area contributed by atoms with Crippen LogP contribution in [0.25, 0.3) is 91.4 Å². The fourth-order valence-corrected chi connectivity index (χ4v) is 10.4. The second-order valence-corrected chi connectivity index (χ2v) is 17.1. The molecule has 0 amide bonds. The number of benzene rings is 10. The molecule has 62 heavy (non-hydrogen) atoms. The van der Waals surface area contributed by atoms with Gasteiger partial charge in [-0.25, -0.2) is 0 Å². The Labute approximate surface area is 366 Å². The molecule has 0 spiro atoms. The number of allylic oxidation sites excluding steroid dienone is 4. The highest BCUT2D eigenvalue weighted by atomic mass is 32.1. The molecular weight excluding hydrogens is 767 g/mol. The molecule has 0 aliphatic rings. The molecule has 0 N–H and O–H groups in total. The summed E-state index contributed by atoms with van der Waals surface area (Å²) in [6.07, 6.45) is 6.50. The van der Waals surface area contributed by atoms with Crippen LogP contribution in [-0.2, 0) is 0 Å². The molecule has 0 unspecified atom stereocenters. The van der Waals surface area contributed by atoms with Crippen LogP contribution in [0.4, 0.5) is 17.1 Å². The van der Waals surface area contributed by atoms with Gasteiger partial charge in [0.25, 0.3) is 0 Å². The van der Waals surface area contributed by atoms with Crippen LogP contribution in [-0.4, -0.2) is 0 Å². The summed E-state index contributed by atoms with van der Waals surface area (Å²) >= 11 is 1.86. The lowest BCUT2D eigenvalue weighted by molar-refractivity contribution is 1.29. The lowest BCUT2D eigenvalue weighted by Crippen LogP contribution is -2.10. The first-order valence-electron chi connectivity index (χ1n) is 21.4. The van der Waals surface area contributed by atoms with E-state index in [0.717, 1.165) is 17.1 Å². The van der Waals surface area contributed by atoms with E-state index in [2.05, 4.69) is 243 Å². The van der Waals surface area contributed by atoms with Gasteiger partial charge < -0.3 is 4.90 Å². The molecule has 0 bridgehead atoms. The van der Waals surface area contributed by atoms with Crippen molar-refractivity contribution < 1.29 is 0 Å². The number of thiophene rings is 1. The molecule has 0 radical (unpaired) electrons. The zero-order chi connectivity index (χ0) is 41.6. The molecule has 0 fully saturated rings. The highest BCUT2D eigenvalue weighted by Gasteiger charge is 2.17. The molecule has 0 saturated carbocycles. The number of anilines is 3. The molecule has 0 saturated heterocycles. The minimum Gasteiger partial charge on any atom is -0.310 e. The quantitative estimate of drug-likeness (QED) is 0.109. The van der Waals surface area contributed by atoms with Crippen LogP contribution >= 0.6 is 11.3 Å². The standard InChI is InChI=1S/C60H43NS/c1-3-14-40(4-2)45-35-46(41-15-6-5-7-16-41)37-47(36-45)43-25-30-49(31-26-43)61(50-32-33-55-53-19-9-8-17-51(53)52-18-10-11-20-54(52)57(55)39-50)48-28-23-42(24-29-48)44-27-34-60-58(38-44)56-21-12-13-22-59(56)62-60/h3-39H,1-2H3/b14-3-,40-4+. The Bertz CT molecular complexity index is 3480. The number of nitrogens with zero attached hydrogens (tertiary/aromatic N) is 1. The summed E-state index contributed by atoms with van der Waals surface area (Å²) in [5, 5.41) is 10.2. The van der Waals surface area contributed by atoms with E-state index in [0.29, 0.717) is 0 Å². The normalized spacial score (nSPS) is 12.1. The van der Waals surface area contributed by atoms with E-state index in [1.165, 1.54) is 97.0 Å². The SMILES string of the molecule is C/C=C\C(=C/C)c1cc(-c2ccccc2)cc(-c2ccc(N(c3ccc(-c4ccc5sc6ccccc6c5c4)cc3)c3ccc4c5ccccc5c5ccccc5c4c3)cc2)c1. The molecule has 1 aromatic heterocycles. The van der Waals surface area contributed by atoms with Crippen LogP contribution in [0.5, 0.6) is 0 Å². The molecule has 0 aliphatic heterocycles. The van der Waals surface area contributed by atoms with Crippen molar-refractivity contribution in [3.8, 4) is 33.4 Å². The smallest absolute Gasteiger partial charge is 0.0468 e. The highest BCUT2D eigenvalue weighted by molar-refractivity contribution is 7.25. The van der Waals surface area contributed by atoms with Gasteiger partial charge in [0.15, 0.2) is 0 Å². The van der Waals surface area contributed by atoms with Crippen molar-refractivity contribution in [3.63, 3.8) is 0 Å². The minimum atomic E-state index is 1.10. The second-order valence-electron chi connectivity index (χ2n) is 16.0. The van der Waals surface area contributed by atoms with E-state index in [-0.39, 0.29) is 0 Å². The maximum Gasteiger partial charge on any atom is 0.0468 e. The largest absolute Gasteiger partial charge is 0.310 e. The van der Waals surface area contributed by atoms with E-state index in [1.807, 2.05) is 11.3 Å². The van der Waals surface area contributed by atoms with Crippen LogP contribution < -0.4 is 4.90 Å². The fourth-order valence-electron chi connectivity index (χ4n) is 9.29. The van der Waals surface area contributed by atoms with Crippen molar-refractivity contribution in [1.29, 1.82) is 0 Å². The van der Waals surface area contributed by atoms with E-state index in [4.69, 9.17) is 0 Å². The highest BCUT2D eigenvalue weighted by Crippen LogP contribution is 2.43. The predicted molar refractivity (Wildman–Crippen MR) is 271 cm³/mol. The molecule has 10 aromatic carbocycles. The number of rotatable bonds is 8. The van der Waals surface area contributed by atoms with Gasteiger partial charge in [-0.1, -0.05) is 152 Å². The summed E-state index contributed by atoms with van der Waals surface area (Å²) in [6, 6.07) is 76.1. The third kappa shape index (κ3) is 6.66. The van der Waals surface area contributed by atoms with Gasteiger partial charge in [0.2, 0.25) is 0 Å². The van der Waals surface area contributed by atoms with E-state index >= 15 is 0 Å². The predicted octanol–water partition coefficient (Wildman–Crippen LogP) is 18.0. The first kappa shape index (κ1) is 37.5. The molecule has 0 aliphatic carbocycles. The van der Waals surface area contributed by atoms with Crippen molar-refractivity contribution in [2.24, 2.45) is 0 Å². The summed E-state index contributed by atoms with van der Waals surface area (Å²) in [5.74, 6) is 0. The molecular formula is C60H43NS. The summed E-state index contributed by atoms with van der Waals surface area (Å²) in [4.78, 5) is 2.41. The van der Waals surface area contributed by atoms with Gasteiger partial charge in [-0.3, -0.25) is 0 Å². The van der Waals surface area contributed by atoms with Crippen molar-refractivity contribution in [2.45, 2.75) is 13.8 Å². The second kappa shape index (κ2) is 15.8. The first-order valence-corrected chi connectivity index (χ1v) is 22.2. The third-order valence-electron chi connectivity index (χ3n) is 12.3. The molecule has 294 valence electrons. The zero-order valence-corrected chi connectivity index (χ0v) is 35.5. The van der Waals surface area contributed by atoms with Crippen molar-refractivity contribution in [3.05, 3.63) is 230 Å². The lowest BCUT2D eigenvalue weighted by Gasteiger charge is -2.27. The minimum absolute atomic E-state index is 1.10. The van der Waals surface area contributed by atoms with Crippen LogP contribution in [0.2, 0.25) is 0 Å². The first-order chi connectivity index (χ1) is 30.6. The van der Waals surface area contributed by atoms with E-state index in [9.17, 15) is 0 Å². The zero-order valence-electron chi connectivity index (χ0n) is 34.7. The Morgan fingerprint density at radius 1 is 0.355 bits per heavy atom. The van der Waals surface area contributed by atoms with Gasteiger partial charge in [-0.2, -0.15) is 0 Å². The average molecular weight is 810 g/mol. The number of fused-ring (bicyclic) bond motifs is 9. The lowest BCUT2D eigenvalue weighted by atomic mass is 9.92. The van der Waals surface area contributed by atoms with Gasteiger partial charge in [0.05, 0.1) is 0 Å². The summed E-state index contributed by atoms with van der Waals surface area (Å²) in [5.41, 5.74) is 12.9. The molecule has 11 aromatic rings. The van der Waals surface area contributed by atoms with Gasteiger partial charge in [0.1, 0.15) is 0 Å². The Balaban J connectivity index is 1.05. The fraction of sp³-hybridized carbons (Fsp3) is 0.0333. The number of hydrogen-bond donors (Lipinski definition) is 0. The van der Waals surface area contributed by atoms with Gasteiger partial charge >= 0.3 is 0 Å². The van der Waals surface area contributed by atoms with Crippen LogP contribution in [0.3, 0.4) is 0 Å². The van der Waals surface area contributed by atoms with Gasteiger partial charge in [-0.05, 0) is 163 Å². The number of hydrogen-bond acceptors (Lipinski definition) is 2. The topological polar surface area (TPSA) is 3.24 Å². The maximum absolute atomic E-state index is 2.41. The van der Waals surface area contributed by atoms with Gasteiger partial charge in [-0.15, -0.1) is 11.3 Å². The molecule has 1 heterocycles. The Morgan fingerprint density at radius 3 is 1.45 bits per heavy atom. The Morgan fingerprint density at radius 2 is 0.839 bits per heavy atom. The maximum atomic E-state index is 2.41. The van der Waals surface area contributed by atoms with Crippen molar-refractivity contribution >= 4 is 86.5 Å². The summed E-state index contributed by atoms with van der Waals surface area (Å²) in [6.45, 7) is 4.19. The van der Waals surface area contributed by atoms with Gasteiger partial charge in [0, 0.05) is 37.2 Å². The Hall–Kier alpha value is -7.52. The molecule has 0 atom stereocenters. The third-order valence-corrected chi connectivity index (χ3v) is 13.5. The van der Waals surface area contributed by atoms with Crippen molar-refractivity contribution in [2.75, 3.05) is 4.90 Å². The molecule has 2 heteroatoms. The Kier molecular flexibility index (Phi) is 9.56. The molecule has 11 rings (SSSR count). The summed E-state index contributed by atoms with van der Waals surface area (Å²) in [7, 11) is 0. The monoisotopic (exact) mass is 809 g/mol. The van der Waals surface area contributed by atoms with E-state index in [1.54, 1.807) is 0 Å². The van der Waals surface area contributed by atoms with Crippen molar-refractivity contribution in [1.82, 2.24) is 0 Å². The molecule has 1 nitrogen and oxygen atoms in total. The summed E-state index contributed by atoms with van der Waals surface area (Å²) < 4.78 is 2.65.